The monoisotopic (exact) mass is 567 g/mol. The van der Waals surface area contributed by atoms with Gasteiger partial charge in [0.05, 0.1) is 6.42 Å². The van der Waals surface area contributed by atoms with Gasteiger partial charge in [-0.2, -0.15) is 0 Å². The van der Waals surface area contributed by atoms with Crippen molar-refractivity contribution in [3.63, 3.8) is 0 Å². The zero-order chi connectivity index (χ0) is 30.4. The Morgan fingerprint density at radius 3 is 1.33 bits per heavy atom. The molecule has 0 saturated heterocycles. The first-order valence-electron chi connectivity index (χ1n) is 15.3. The number of amides is 3. The van der Waals surface area contributed by atoms with Crippen LogP contribution in [0, 0.1) is 0 Å². The number of carbonyl (C=O) groups excluding carboxylic acids is 3. The van der Waals surface area contributed by atoms with E-state index in [1.165, 1.54) is 11.1 Å². The predicted octanol–water partition coefficient (Wildman–Crippen LogP) is 7.12. The Kier molecular flexibility index (Phi) is 10.2. The molecule has 3 amide bonds. The van der Waals surface area contributed by atoms with Crippen LogP contribution in [0.25, 0.3) is 0 Å². The first-order valence-corrected chi connectivity index (χ1v) is 15.3. The van der Waals surface area contributed by atoms with Gasteiger partial charge in [-0.15, -0.1) is 0 Å². The number of rotatable bonds is 3. The smallest absolute Gasteiger partial charge is 0.231 e. The molecule has 6 nitrogen and oxygen atoms in total. The average Bonchev–Trinajstić information content (AvgIpc) is 3.20. The molecule has 0 aliphatic carbocycles. The topological polar surface area (TPSA) is 60.9 Å². The molecule has 0 atom stereocenters. The van der Waals surface area contributed by atoms with Crippen molar-refractivity contribution in [1.82, 2.24) is 0 Å². The predicted molar refractivity (Wildman–Crippen MR) is 172 cm³/mol. The molecule has 222 valence electrons. The highest BCUT2D eigenvalue weighted by Gasteiger charge is 2.28. The molecule has 3 aliphatic heterocycles. The Morgan fingerprint density at radius 1 is 0.452 bits per heavy atom. The van der Waals surface area contributed by atoms with Crippen molar-refractivity contribution >= 4 is 34.8 Å². The fraction of sp³-hybridized carbons (Fsp3) is 0.417. The summed E-state index contributed by atoms with van der Waals surface area (Å²) in [6.45, 7) is 12.3. The quantitative estimate of drug-likeness (QED) is 0.339. The molecule has 0 fully saturated rings. The van der Waals surface area contributed by atoms with Gasteiger partial charge in [-0.3, -0.25) is 14.4 Å². The van der Waals surface area contributed by atoms with Crippen LogP contribution in [0.1, 0.15) is 77.5 Å². The Bertz CT molecular complexity index is 1410. The third-order valence-electron chi connectivity index (χ3n) is 7.90. The Morgan fingerprint density at radius 2 is 0.833 bits per heavy atom. The molecule has 42 heavy (non-hydrogen) atoms. The van der Waals surface area contributed by atoms with Crippen LogP contribution in [0.5, 0.6) is 0 Å². The zero-order valence-electron chi connectivity index (χ0n) is 26.0. The minimum absolute atomic E-state index is 0.219. The van der Waals surface area contributed by atoms with Crippen LogP contribution in [0.4, 0.5) is 17.1 Å². The van der Waals surface area contributed by atoms with Crippen molar-refractivity contribution in [2.45, 2.75) is 98.2 Å². The van der Waals surface area contributed by atoms with Gasteiger partial charge in [0.2, 0.25) is 17.7 Å². The van der Waals surface area contributed by atoms with Gasteiger partial charge >= 0.3 is 0 Å². The number of aryl methyl sites for hydroxylation is 2. The van der Waals surface area contributed by atoms with Gasteiger partial charge in [0, 0.05) is 48.0 Å². The summed E-state index contributed by atoms with van der Waals surface area (Å²) in [5.74, 6) is 0.727. The summed E-state index contributed by atoms with van der Waals surface area (Å²) in [6, 6.07) is 25.2. The molecular formula is C36H45N3O3. The van der Waals surface area contributed by atoms with Gasteiger partial charge < -0.3 is 14.7 Å². The fourth-order valence-electron chi connectivity index (χ4n) is 6.07. The van der Waals surface area contributed by atoms with Crippen LogP contribution < -0.4 is 14.7 Å². The largest absolute Gasteiger partial charge is 0.310 e. The number of nitrogens with zero attached hydrogens (tertiary/aromatic N) is 3. The Balaban J connectivity index is 0.000000145. The van der Waals surface area contributed by atoms with E-state index in [0.717, 1.165) is 41.9 Å². The normalized spacial score (nSPS) is 15.9. The first kappa shape index (κ1) is 31.0. The highest BCUT2D eigenvalue weighted by molar-refractivity contribution is 6.01. The molecule has 3 heterocycles. The van der Waals surface area contributed by atoms with Crippen molar-refractivity contribution in [2.24, 2.45) is 0 Å². The molecule has 0 radical (unpaired) electrons. The van der Waals surface area contributed by atoms with Gasteiger partial charge in [-0.1, -0.05) is 54.6 Å². The second-order valence-electron chi connectivity index (χ2n) is 12.0. The maximum absolute atomic E-state index is 11.9. The van der Waals surface area contributed by atoms with Crippen LogP contribution in [0.3, 0.4) is 0 Å². The summed E-state index contributed by atoms with van der Waals surface area (Å²) >= 11 is 0. The van der Waals surface area contributed by atoms with E-state index in [0.29, 0.717) is 19.3 Å². The molecular weight excluding hydrogens is 522 g/mol. The molecule has 3 aromatic carbocycles. The van der Waals surface area contributed by atoms with E-state index < -0.39 is 0 Å². The molecule has 0 aromatic heterocycles. The summed E-state index contributed by atoms with van der Waals surface area (Å²) in [5, 5.41) is 0. The van der Waals surface area contributed by atoms with E-state index in [9.17, 15) is 14.4 Å². The lowest BCUT2D eigenvalue weighted by Crippen LogP contribution is -2.40. The molecule has 0 N–H and O–H groups in total. The van der Waals surface area contributed by atoms with Crippen molar-refractivity contribution in [1.29, 1.82) is 0 Å². The third-order valence-corrected chi connectivity index (χ3v) is 7.90. The average molecular weight is 568 g/mol. The molecule has 0 bridgehead atoms. The molecule has 3 aromatic rings. The van der Waals surface area contributed by atoms with E-state index >= 15 is 0 Å². The lowest BCUT2D eigenvalue weighted by molar-refractivity contribution is -0.119. The van der Waals surface area contributed by atoms with Gasteiger partial charge in [0.25, 0.3) is 0 Å². The lowest BCUT2D eigenvalue weighted by Gasteiger charge is -2.32. The summed E-state index contributed by atoms with van der Waals surface area (Å²) in [7, 11) is 0. The number of fused-ring (bicyclic) bond motifs is 3. The van der Waals surface area contributed by atoms with Gasteiger partial charge in [-0.25, -0.2) is 0 Å². The van der Waals surface area contributed by atoms with Crippen LogP contribution in [0.15, 0.2) is 72.8 Å². The van der Waals surface area contributed by atoms with Crippen molar-refractivity contribution in [2.75, 3.05) is 14.7 Å². The number of hydrogen-bond acceptors (Lipinski definition) is 3. The fourth-order valence-corrected chi connectivity index (χ4v) is 6.07. The standard InChI is InChI=1S/C13H17NO.C12H15NO.C11H13NO/c1-10(2)14-12-8-4-3-6-11(12)7-5-9-13(14)15;1-9(2)13-11-6-4-3-5-10(11)7-8-12(13)14;1-8(2)12-10-6-4-3-5-9(10)7-11(12)13/h3-4,6,8,10H,5,7,9H2,1-2H3;3-6,9H,7-8H2,1-2H3;3-6,8H,7H2,1-2H3. The number of benzene rings is 3. The van der Waals surface area contributed by atoms with Crippen molar-refractivity contribution in [3.05, 3.63) is 89.5 Å². The van der Waals surface area contributed by atoms with Gasteiger partial charge in [0.1, 0.15) is 0 Å². The molecule has 6 rings (SSSR count). The van der Waals surface area contributed by atoms with E-state index in [-0.39, 0.29) is 35.8 Å². The number of carbonyl (C=O) groups is 3. The Labute approximate surface area is 251 Å². The highest BCUT2D eigenvalue weighted by atomic mass is 16.2. The van der Waals surface area contributed by atoms with Gasteiger partial charge in [-0.05, 0) is 95.7 Å². The van der Waals surface area contributed by atoms with Crippen LogP contribution >= 0.6 is 0 Å². The van der Waals surface area contributed by atoms with E-state index in [2.05, 4.69) is 45.9 Å². The van der Waals surface area contributed by atoms with Crippen LogP contribution in [0.2, 0.25) is 0 Å². The highest BCUT2D eigenvalue weighted by Crippen LogP contribution is 2.31. The lowest BCUT2D eigenvalue weighted by atomic mass is 10.00. The number of para-hydroxylation sites is 3. The molecule has 0 unspecified atom stereocenters. The summed E-state index contributed by atoms with van der Waals surface area (Å²) in [6.07, 6.45) is 4.76. The van der Waals surface area contributed by atoms with Gasteiger partial charge in [0.15, 0.2) is 0 Å². The summed E-state index contributed by atoms with van der Waals surface area (Å²) in [4.78, 5) is 41.0. The van der Waals surface area contributed by atoms with Crippen molar-refractivity contribution in [3.8, 4) is 0 Å². The van der Waals surface area contributed by atoms with Crippen molar-refractivity contribution < 1.29 is 14.4 Å². The maximum atomic E-state index is 11.9. The van der Waals surface area contributed by atoms with Crippen LogP contribution in [-0.2, 0) is 33.6 Å². The second-order valence-corrected chi connectivity index (χ2v) is 12.0. The molecule has 0 spiro atoms. The molecule has 6 heteroatoms. The van der Waals surface area contributed by atoms with E-state index in [1.807, 2.05) is 83.1 Å². The number of anilines is 3. The molecule has 0 saturated carbocycles. The number of hydrogen-bond donors (Lipinski definition) is 0. The minimum atomic E-state index is 0.219. The second kappa shape index (κ2) is 13.8. The first-order chi connectivity index (χ1) is 20.1. The maximum Gasteiger partial charge on any atom is 0.231 e. The minimum Gasteiger partial charge on any atom is -0.310 e. The third kappa shape index (κ3) is 6.92. The Hall–Kier alpha value is -3.93. The van der Waals surface area contributed by atoms with E-state index in [1.54, 1.807) is 0 Å². The SMILES string of the molecule is CC(C)N1C(=O)CCCc2ccccc21.CC(C)N1C(=O)CCc2ccccc21.CC(C)N1C(=O)Cc2ccccc21. The summed E-state index contributed by atoms with van der Waals surface area (Å²) in [5.41, 5.74) is 7.04. The van der Waals surface area contributed by atoms with E-state index in [4.69, 9.17) is 0 Å². The molecule has 3 aliphatic rings. The zero-order valence-corrected chi connectivity index (χ0v) is 26.0. The van der Waals surface area contributed by atoms with Crippen LogP contribution in [-0.4, -0.2) is 35.8 Å². The summed E-state index contributed by atoms with van der Waals surface area (Å²) < 4.78 is 0.